The number of aryl methyl sites for hydroxylation is 2. The summed E-state index contributed by atoms with van der Waals surface area (Å²) in [6, 6.07) is 6.56. The average molecular weight is 339 g/mol. The molecule has 1 N–H and O–H groups in total. The van der Waals surface area contributed by atoms with Crippen LogP contribution in [0, 0.1) is 6.92 Å². The number of benzene rings is 1. The van der Waals surface area contributed by atoms with Gasteiger partial charge in [0.25, 0.3) is 0 Å². The second-order valence-electron chi connectivity index (χ2n) is 5.16. The minimum absolute atomic E-state index is 0.102. The molecule has 5 nitrogen and oxygen atoms in total. The summed E-state index contributed by atoms with van der Waals surface area (Å²) in [6.07, 6.45) is 0. The van der Waals surface area contributed by atoms with E-state index in [4.69, 9.17) is 0 Å². The van der Waals surface area contributed by atoms with Gasteiger partial charge in [0.2, 0.25) is 5.91 Å². The third kappa shape index (κ3) is 3.17. The number of carbonyl (C=O) groups is 1. The zero-order valence-electron chi connectivity index (χ0n) is 12.5. The number of anilines is 1. The van der Waals surface area contributed by atoms with Crippen molar-refractivity contribution < 1.29 is 18.3 Å². The summed E-state index contributed by atoms with van der Waals surface area (Å²) in [5.74, 6) is 0.910. The van der Waals surface area contributed by atoms with Crippen LogP contribution in [0.4, 0.5) is 14.6 Å². The number of nitrogens with one attached hydrogen (secondary N) is 1. The van der Waals surface area contributed by atoms with E-state index in [2.05, 4.69) is 15.2 Å². The van der Waals surface area contributed by atoms with E-state index in [0.29, 0.717) is 5.82 Å². The van der Waals surface area contributed by atoms with Gasteiger partial charge in [-0.1, -0.05) is 12.1 Å². The van der Waals surface area contributed by atoms with Crippen LogP contribution in [0.3, 0.4) is 0 Å². The molecule has 1 aromatic carbocycles. The lowest BCUT2D eigenvalue weighted by molar-refractivity contribution is -0.113. The molecule has 0 radical (unpaired) electrons. The second-order valence-corrected chi connectivity index (χ2v) is 6.25. The molecule has 0 spiro atoms. The molecule has 23 heavy (non-hydrogen) atoms. The SMILES string of the molecule is Cc1nn(C)c2c1[C@@H](c1cccc(OC(F)F)c1)SCC(=O)N2. The van der Waals surface area contributed by atoms with Gasteiger partial charge in [-0.2, -0.15) is 13.9 Å². The highest BCUT2D eigenvalue weighted by atomic mass is 32.2. The van der Waals surface area contributed by atoms with Crippen LogP contribution in [0.15, 0.2) is 24.3 Å². The van der Waals surface area contributed by atoms with E-state index in [-0.39, 0.29) is 22.7 Å². The lowest BCUT2D eigenvalue weighted by atomic mass is 10.0. The number of carbonyl (C=O) groups excluding carboxylic acids is 1. The van der Waals surface area contributed by atoms with Gasteiger partial charge < -0.3 is 10.1 Å². The lowest BCUT2D eigenvalue weighted by Gasteiger charge is -2.16. The van der Waals surface area contributed by atoms with Gasteiger partial charge in [0.1, 0.15) is 11.6 Å². The Balaban J connectivity index is 2.04. The number of nitrogens with zero attached hydrogens (tertiary/aromatic N) is 2. The Morgan fingerprint density at radius 2 is 2.26 bits per heavy atom. The van der Waals surface area contributed by atoms with Crippen molar-refractivity contribution in [3.05, 3.63) is 41.1 Å². The van der Waals surface area contributed by atoms with Crippen LogP contribution in [0.1, 0.15) is 22.1 Å². The third-order valence-corrected chi connectivity index (χ3v) is 4.83. The summed E-state index contributed by atoms with van der Waals surface area (Å²) < 4.78 is 30.9. The molecule has 1 atom stereocenters. The molecule has 2 heterocycles. The monoisotopic (exact) mass is 339 g/mol. The number of aromatic nitrogens is 2. The third-order valence-electron chi connectivity index (χ3n) is 3.56. The molecule has 0 fully saturated rings. The fourth-order valence-electron chi connectivity index (χ4n) is 2.66. The normalized spacial score (nSPS) is 17.6. The average Bonchev–Trinajstić information content (AvgIpc) is 2.66. The van der Waals surface area contributed by atoms with Crippen molar-refractivity contribution in [1.82, 2.24) is 9.78 Å². The van der Waals surface area contributed by atoms with Gasteiger partial charge in [-0.25, -0.2) is 0 Å². The standard InChI is InChI=1S/C15H15F2N3O2S/c1-8-12-13(9-4-3-5-10(6-9)22-15(16)17)23-7-11(21)18-14(12)20(2)19-8/h3-6,13,15H,7H2,1-2H3,(H,18,21)/t13-/m1/s1. The number of rotatable bonds is 3. The van der Waals surface area contributed by atoms with Gasteiger partial charge in [0, 0.05) is 12.6 Å². The van der Waals surface area contributed by atoms with E-state index in [1.165, 1.54) is 17.8 Å². The molecule has 0 aliphatic carbocycles. The molecule has 0 unspecified atom stereocenters. The number of thioether (sulfide) groups is 1. The van der Waals surface area contributed by atoms with E-state index >= 15 is 0 Å². The summed E-state index contributed by atoms with van der Waals surface area (Å²) >= 11 is 1.43. The van der Waals surface area contributed by atoms with Gasteiger partial charge in [0.05, 0.1) is 16.7 Å². The number of hydrogen-bond acceptors (Lipinski definition) is 4. The smallest absolute Gasteiger partial charge is 0.387 e. The number of ether oxygens (including phenoxy) is 1. The maximum atomic E-state index is 12.4. The first-order chi connectivity index (χ1) is 11.0. The number of hydrogen-bond donors (Lipinski definition) is 1. The quantitative estimate of drug-likeness (QED) is 0.934. The minimum Gasteiger partial charge on any atom is -0.435 e. The number of alkyl halides is 2. The topological polar surface area (TPSA) is 56.2 Å². The molecule has 0 bridgehead atoms. The van der Waals surface area contributed by atoms with Crippen molar-refractivity contribution in [2.24, 2.45) is 7.05 Å². The van der Waals surface area contributed by atoms with Crippen molar-refractivity contribution in [2.45, 2.75) is 18.8 Å². The first kappa shape index (κ1) is 15.8. The molecule has 3 rings (SSSR count). The van der Waals surface area contributed by atoms with Crippen molar-refractivity contribution in [2.75, 3.05) is 11.1 Å². The van der Waals surface area contributed by atoms with Crippen molar-refractivity contribution in [3.63, 3.8) is 0 Å². The molecule has 1 aromatic heterocycles. The molecule has 0 saturated heterocycles. The first-order valence-corrected chi connectivity index (χ1v) is 8.00. The summed E-state index contributed by atoms with van der Waals surface area (Å²) in [7, 11) is 1.76. The Hall–Kier alpha value is -2.09. The summed E-state index contributed by atoms with van der Waals surface area (Å²) in [6.45, 7) is -1.01. The van der Waals surface area contributed by atoms with Crippen LogP contribution in [0.2, 0.25) is 0 Å². The van der Waals surface area contributed by atoms with Crippen LogP contribution >= 0.6 is 11.8 Å². The van der Waals surface area contributed by atoms with Crippen LogP contribution in [-0.4, -0.2) is 28.1 Å². The van der Waals surface area contributed by atoms with Crippen LogP contribution < -0.4 is 10.1 Å². The van der Waals surface area contributed by atoms with Crippen molar-refractivity contribution in [3.8, 4) is 5.75 Å². The van der Waals surface area contributed by atoms with Crippen LogP contribution in [0.25, 0.3) is 0 Å². The van der Waals surface area contributed by atoms with Gasteiger partial charge in [-0.05, 0) is 24.6 Å². The minimum atomic E-state index is -2.87. The molecular weight excluding hydrogens is 324 g/mol. The fourth-order valence-corrected chi connectivity index (χ4v) is 3.84. The van der Waals surface area contributed by atoms with Gasteiger partial charge in [0.15, 0.2) is 0 Å². The fraction of sp³-hybridized carbons (Fsp3) is 0.333. The maximum Gasteiger partial charge on any atom is 0.387 e. The molecule has 1 amide bonds. The molecule has 1 aliphatic rings. The lowest BCUT2D eigenvalue weighted by Crippen LogP contribution is -2.15. The van der Waals surface area contributed by atoms with Gasteiger partial charge >= 0.3 is 6.61 Å². The largest absolute Gasteiger partial charge is 0.435 e. The highest BCUT2D eigenvalue weighted by Crippen LogP contribution is 2.43. The zero-order chi connectivity index (χ0) is 16.6. The Kier molecular flexibility index (Phi) is 4.25. The first-order valence-electron chi connectivity index (χ1n) is 6.95. The Morgan fingerprint density at radius 3 is 3.00 bits per heavy atom. The summed E-state index contributed by atoms with van der Waals surface area (Å²) in [5, 5.41) is 7.02. The number of halogens is 2. The van der Waals surface area contributed by atoms with E-state index in [1.807, 2.05) is 13.0 Å². The molecule has 122 valence electrons. The Morgan fingerprint density at radius 1 is 1.48 bits per heavy atom. The second kappa shape index (κ2) is 6.19. The van der Waals surface area contributed by atoms with Gasteiger partial charge in [-0.3, -0.25) is 9.48 Å². The van der Waals surface area contributed by atoms with E-state index < -0.39 is 6.61 Å². The highest BCUT2D eigenvalue weighted by Gasteiger charge is 2.29. The Bertz CT molecular complexity index is 748. The predicted molar refractivity (Wildman–Crippen MR) is 83.9 cm³/mol. The molecular formula is C15H15F2N3O2S. The number of fused-ring (bicyclic) bond motifs is 1. The van der Waals surface area contributed by atoms with Gasteiger partial charge in [-0.15, -0.1) is 11.8 Å². The highest BCUT2D eigenvalue weighted by molar-refractivity contribution is 8.00. The van der Waals surface area contributed by atoms with Crippen molar-refractivity contribution >= 4 is 23.5 Å². The van der Waals surface area contributed by atoms with Crippen LogP contribution in [0.5, 0.6) is 5.75 Å². The maximum absolute atomic E-state index is 12.4. The van der Waals surface area contributed by atoms with Crippen molar-refractivity contribution in [1.29, 1.82) is 0 Å². The van der Waals surface area contributed by atoms with Crippen LogP contribution in [-0.2, 0) is 11.8 Å². The zero-order valence-corrected chi connectivity index (χ0v) is 13.4. The Labute approximate surface area is 136 Å². The molecule has 8 heteroatoms. The van der Waals surface area contributed by atoms with E-state index in [9.17, 15) is 13.6 Å². The number of amides is 1. The molecule has 2 aromatic rings. The van der Waals surface area contributed by atoms with E-state index in [1.54, 1.807) is 23.9 Å². The summed E-state index contributed by atoms with van der Waals surface area (Å²) in [4.78, 5) is 11.9. The summed E-state index contributed by atoms with van der Waals surface area (Å²) in [5.41, 5.74) is 2.47. The molecule has 0 saturated carbocycles. The van der Waals surface area contributed by atoms with E-state index in [0.717, 1.165) is 16.8 Å². The predicted octanol–water partition coefficient (Wildman–Crippen LogP) is 3.10. The molecule has 1 aliphatic heterocycles.